The summed E-state index contributed by atoms with van der Waals surface area (Å²) in [5, 5.41) is 0.607. The highest BCUT2D eigenvalue weighted by molar-refractivity contribution is 7.89. The number of aromatic amines is 1. The quantitative estimate of drug-likeness (QED) is 0.347. The van der Waals surface area contributed by atoms with Gasteiger partial charge in [-0.15, -0.1) is 0 Å². The molecule has 38 heavy (non-hydrogen) atoms. The molecule has 1 aromatic heterocycles. The van der Waals surface area contributed by atoms with Gasteiger partial charge in [-0.25, -0.2) is 12.8 Å². The highest BCUT2D eigenvalue weighted by Gasteiger charge is 2.36. The third-order valence-electron chi connectivity index (χ3n) is 6.47. The van der Waals surface area contributed by atoms with Crippen LogP contribution in [0.15, 0.2) is 65.6 Å². The SMILES string of the molecule is Cc1ccc(OCC2CN(S(=O)(=O)c3c(C(N)=O)[nH]c4ccc(Cl)cc34)CCO2)cc1-c1ccccc1F. The number of carbonyl (C=O) groups is 1. The van der Waals surface area contributed by atoms with Gasteiger partial charge in [-0.2, -0.15) is 4.31 Å². The molecule has 0 bridgehead atoms. The third-order valence-corrected chi connectivity index (χ3v) is 8.65. The van der Waals surface area contributed by atoms with Crippen LogP contribution in [0, 0.1) is 12.7 Å². The highest BCUT2D eigenvalue weighted by Crippen LogP contribution is 2.33. The van der Waals surface area contributed by atoms with E-state index in [0.29, 0.717) is 27.4 Å². The lowest BCUT2D eigenvalue weighted by Crippen LogP contribution is -2.47. The number of hydrogen-bond acceptors (Lipinski definition) is 5. The summed E-state index contributed by atoms with van der Waals surface area (Å²) in [6.07, 6.45) is -0.581. The van der Waals surface area contributed by atoms with Crippen LogP contribution in [0.1, 0.15) is 16.1 Å². The smallest absolute Gasteiger partial charge is 0.266 e. The molecule has 1 atom stereocenters. The average Bonchev–Trinajstić information content (AvgIpc) is 3.29. The van der Waals surface area contributed by atoms with Crippen molar-refractivity contribution in [2.45, 2.75) is 17.9 Å². The van der Waals surface area contributed by atoms with Gasteiger partial charge < -0.3 is 20.2 Å². The van der Waals surface area contributed by atoms with E-state index in [1.165, 1.54) is 16.4 Å². The molecule has 0 aliphatic carbocycles. The van der Waals surface area contributed by atoms with E-state index in [1.54, 1.807) is 42.5 Å². The van der Waals surface area contributed by atoms with E-state index in [9.17, 15) is 17.6 Å². The van der Waals surface area contributed by atoms with Crippen LogP contribution in [0.3, 0.4) is 0 Å². The lowest BCUT2D eigenvalue weighted by Gasteiger charge is -2.32. The lowest BCUT2D eigenvalue weighted by molar-refractivity contribution is -0.0249. The Labute approximate surface area is 224 Å². The maximum Gasteiger partial charge on any atom is 0.266 e. The lowest BCUT2D eigenvalue weighted by atomic mass is 10.00. The van der Waals surface area contributed by atoms with E-state index < -0.39 is 22.0 Å². The summed E-state index contributed by atoms with van der Waals surface area (Å²) in [7, 11) is -4.14. The average molecular weight is 558 g/mol. The number of halogens is 2. The number of ether oxygens (including phenoxy) is 2. The highest BCUT2D eigenvalue weighted by atomic mass is 35.5. The number of aromatic nitrogens is 1. The molecule has 1 fully saturated rings. The molecule has 11 heteroatoms. The number of fused-ring (bicyclic) bond motifs is 1. The van der Waals surface area contributed by atoms with Gasteiger partial charge in [-0.1, -0.05) is 35.9 Å². The van der Waals surface area contributed by atoms with Gasteiger partial charge in [-0.3, -0.25) is 4.79 Å². The second kappa shape index (κ2) is 10.4. The van der Waals surface area contributed by atoms with Crippen molar-refractivity contribution in [2.75, 3.05) is 26.3 Å². The number of hydrogen-bond donors (Lipinski definition) is 2. The first-order valence-corrected chi connectivity index (χ1v) is 13.7. The zero-order chi connectivity index (χ0) is 27.0. The van der Waals surface area contributed by atoms with Crippen LogP contribution < -0.4 is 10.5 Å². The first-order valence-electron chi connectivity index (χ1n) is 11.9. The second-order valence-corrected chi connectivity index (χ2v) is 11.3. The van der Waals surface area contributed by atoms with Crippen molar-refractivity contribution < 1.29 is 27.1 Å². The molecule has 1 aliphatic rings. The first kappa shape index (κ1) is 26.2. The van der Waals surface area contributed by atoms with E-state index in [4.69, 9.17) is 26.8 Å². The van der Waals surface area contributed by atoms with E-state index >= 15 is 0 Å². The monoisotopic (exact) mass is 557 g/mol. The van der Waals surface area contributed by atoms with Crippen LogP contribution in [0.4, 0.5) is 4.39 Å². The number of carbonyl (C=O) groups excluding carboxylic acids is 1. The first-order chi connectivity index (χ1) is 18.1. The number of nitrogens with zero attached hydrogens (tertiary/aromatic N) is 1. The summed E-state index contributed by atoms with van der Waals surface area (Å²) >= 11 is 6.11. The fourth-order valence-electron chi connectivity index (χ4n) is 4.57. The summed E-state index contributed by atoms with van der Waals surface area (Å²) in [5.41, 5.74) is 7.78. The van der Waals surface area contributed by atoms with Gasteiger partial charge in [0, 0.05) is 34.6 Å². The van der Waals surface area contributed by atoms with Gasteiger partial charge >= 0.3 is 0 Å². The minimum absolute atomic E-state index is 0.000192. The van der Waals surface area contributed by atoms with Crippen molar-refractivity contribution >= 4 is 38.4 Å². The minimum atomic E-state index is -4.14. The molecule has 5 rings (SSSR count). The van der Waals surface area contributed by atoms with Crippen molar-refractivity contribution in [1.82, 2.24) is 9.29 Å². The van der Waals surface area contributed by atoms with Crippen LogP contribution in [0.5, 0.6) is 5.75 Å². The van der Waals surface area contributed by atoms with Crippen LogP contribution in [0.25, 0.3) is 22.0 Å². The Kier molecular flexibility index (Phi) is 7.15. The number of sulfonamides is 1. The predicted molar refractivity (Wildman–Crippen MR) is 142 cm³/mol. The van der Waals surface area contributed by atoms with Gasteiger partial charge in [0.05, 0.1) is 6.61 Å². The topological polar surface area (TPSA) is 115 Å². The molecule has 1 amide bonds. The number of nitrogens with two attached hydrogens (primary N) is 1. The summed E-state index contributed by atoms with van der Waals surface area (Å²) in [5.74, 6) is -0.730. The molecule has 0 spiro atoms. The standard InChI is InChI=1S/C27H25ClFN3O5S/c1-16-6-8-18(13-21(16)20-4-2-3-5-23(20)29)37-15-19-14-32(10-11-36-19)38(34,35)26-22-12-17(28)7-9-24(22)31-25(26)27(30)33/h2-9,12-13,19,31H,10-11,14-15H2,1H3,(H2,30,33). The van der Waals surface area contributed by atoms with Crippen molar-refractivity contribution in [3.8, 4) is 16.9 Å². The van der Waals surface area contributed by atoms with Crippen molar-refractivity contribution in [3.05, 3.63) is 82.8 Å². The molecular weight excluding hydrogens is 533 g/mol. The Bertz CT molecular complexity index is 1640. The number of primary amides is 1. The van der Waals surface area contributed by atoms with Crippen molar-refractivity contribution in [2.24, 2.45) is 5.73 Å². The Morgan fingerprint density at radius 3 is 2.74 bits per heavy atom. The molecule has 0 saturated carbocycles. The molecule has 4 aromatic rings. The largest absolute Gasteiger partial charge is 0.491 e. The Morgan fingerprint density at radius 2 is 1.97 bits per heavy atom. The summed E-state index contributed by atoms with van der Waals surface area (Å²) < 4.78 is 54.8. The second-order valence-electron chi connectivity index (χ2n) is 9.01. The summed E-state index contributed by atoms with van der Waals surface area (Å²) in [4.78, 5) is 14.7. The van der Waals surface area contributed by atoms with Crippen LogP contribution in [-0.2, 0) is 14.8 Å². The molecule has 3 aromatic carbocycles. The van der Waals surface area contributed by atoms with Gasteiger partial charge in [0.15, 0.2) is 0 Å². The molecular formula is C27H25ClFN3O5S. The van der Waals surface area contributed by atoms with Crippen LogP contribution in [0.2, 0.25) is 5.02 Å². The zero-order valence-corrected chi connectivity index (χ0v) is 22.0. The van der Waals surface area contributed by atoms with Gasteiger partial charge in [0.2, 0.25) is 10.0 Å². The van der Waals surface area contributed by atoms with E-state index in [1.807, 2.05) is 13.0 Å². The van der Waals surface area contributed by atoms with Gasteiger partial charge in [-0.05, 0) is 54.4 Å². The Hall–Kier alpha value is -3.44. The number of benzene rings is 3. The number of rotatable bonds is 7. The number of H-pyrrole nitrogens is 1. The van der Waals surface area contributed by atoms with Crippen LogP contribution in [-0.4, -0.2) is 56.0 Å². The maximum absolute atomic E-state index is 14.4. The molecule has 1 aliphatic heterocycles. The molecule has 0 radical (unpaired) electrons. The third kappa shape index (κ3) is 5.00. The Morgan fingerprint density at radius 1 is 1.18 bits per heavy atom. The van der Waals surface area contributed by atoms with Crippen molar-refractivity contribution in [1.29, 1.82) is 0 Å². The zero-order valence-electron chi connectivity index (χ0n) is 20.4. The van der Waals surface area contributed by atoms with Crippen molar-refractivity contribution in [3.63, 3.8) is 0 Å². The Balaban J connectivity index is 1.36. The van der Waals surface area contributed by atoms with E-state index in [2.05, 4.69) is 4.98 Å². The number of aryl methyl sites for hydroxylation is 1. The molecule has 1 unspecified atom stereocenters. The molecule has 8 nitrogen and oxygen atoms in total. The fraction of sp³-hybridized carbons (Fsp3) is 0.222. The predicted octanol–water partition coefficient (Wildman–Crippen LogP) is 4.50. The van der Waals surface area contributed by atoms with Gasteiger partial charge in [0.25, 0.3) is 5.91 Å². The number of nitrogens with one attached hydrogen (secondary N) is 1. The molecule has 2 heterocycles. The van der Waals surface area contributed by atoms with Gasteiger partial charge in [0.1, 0.15) is 34.9 Å². The van der Waals surface area contributed by atoms with Crippen LogP contribution >= 0.6 is 11.6 Å². The van der Waals surface area contributed by atoms with E-state index in [0.717, 1.165) is 5.56 Å². The number of amides is 1. The maximum atomic E-state index is 14.4. The fourth-order valence-corrected chi connectivity index (χ4v) is 6.54. The summed E-state index contributed by atoms with van der Waals surface area (Å²) in [6, 6.07) is 16.5. The molecule has 198 valence electrons. The molecule has 3 N–H and O–H groups in total. The summed E-state index contributed by atoms with van der Waals surface area (Å²) in [6.45, 7) is 2.17. The normalized spacial score (nSPS) is 16.6. The minimum Gasteiger partial charge on any atom is -0.491 e. The van der Waals surface area contributed by atoms with E-state index in [-0.39, 0.29) is 48.1 Å². The number of morpholine rings is 1. The molecule has 1 saturated heterocycles.